The second-order valence-electron chi connectivity index (χ2n) is 7.10. The standard InChI is InChI=1S/C20H21FN4O3S/c1-10-16-19(23-9-24-20(16)29-17(10)18(22)27)25-12-7-6-11(21)8-15(12)28-14-5-3-2-4-13(14)26/h6-9,13-14,26H,2-5H2,1H3,(H2,22,27)(H,23,24,25)/t13-,14?/m1/s1. The molecule has 2 heterocycles. The number of primary amides is 1. The first-order valence-electron chi connectivity index (χ1n) is 9.39. The lowest BCUT2D eigenvalue weighted by molar-refractivity contribution is 0.00712. The third-order valence-corrected chi connectivity index (χ3v) is 6.31. The van der Waals surface area contributed by atoms with Crippen LogP contribution in [0.25, 0.3) is 10.2 Å². The summed E-state index contributed by atoms with van der Waals surface area (Å²) < 4.78 is 19.9. The van der Waals surface area contributed by atoms with Crippen LogP contribution in [0.15, 0.2) is 24.5 Å². The summed E-state index contributed by atoms with van der Waals surface area (Å²) in [6.45, 7) is 1.79. The van der Waals surface area contributed by atoms with E-state index in [0.29, 0.717) is 50.8 Å². The summed E-state index contributed by atoms with van der Waals surface area (Å²) in [5.74, 6) is -0.192. The highest BCUT2D eigenvalue weighted by atomic mass is 32.1. The minimum Gasteiger partial charge on any atom is -0.485 e. The molecule has 1 aliphatic carbocycles. The molecule has 0 aliphatic heterocycles. The topological polar surface area (TPSA) is 110 Å². The zero-order valence-electron chi connectivity index (χ0n) is 15.8. The highest BCUT2D eigenvalue weighted by Crippen LogP contribution is 2.37. The molecule has 0 spiro atoms. The SMILES string of the molecule is Cc1c(C(N)=O)sc2ncnc(Nc3ccc(F)cc3OC3CCCC[C@H]3O)c12. The van der Waals surface area contributed by atoms with E-state index in [1.807, 2.05) is 0 Å². The molecule has 29 heavy (non-hydrogen) atoms. The Hall–Kier alpha value is -2.78. The van der Waals surface area contributed by atoms with Crippen molar-refractivity contribution in [2.45, 2.75) is 44.8 Å². The van der Waals surface area contributed by atoms with Crippen molar-refractivity contribution in [2.24, 2.45) is 5.73 Å². The van der Waals surface area contributed by atoms with Gasteiger partial charge in [0.2, 0.25) is 0 Å². The van der Waals surface area contributed by atoms with Crippen molar-refractivity contribution in [1.82, 2.24) is 9.97 Å². The van der Waals surface area contributed by atoms with Gasteiger partial charge in [-0.1, -0.05) is 6.42 Å². The van der Waals surface area contributed by atoms with Gasteiger partial charge in [0.25, 0.3) is 5.91 Å². The number of aliphatic hydroxyl groups is 1. The Morgan fingerprint density at radius 1 is 1.34 bits per heavy atom. The van der Waals surface area contributed by atoms with E-state index >= 15 is 0 Å². The zero-order valence-corrected chi connectivity index (χ0v) is 16.6. The second kappa shape index (κ2) is 7.92. The Bertz CT molecular complexity index is 1070. The van der Waals surface area contributed by atoms with Gasteiger partial charge in [-0.25, -0.2) is 14.4 Å². The number of ether oxygens (including phenoxy) is 1. The number of hydrogen-bond donors (Lipinski definition) is 3. The van der Waals surface area contributed by atoms with E-state index < -0.39 is 17.8 Å². The molecule has 1 saturated carbocycles. The molecule has 4 rings (SSSR count). The van der Waals surface area contributed by atoms with Crippen LogP contribution in [0.4, 0.5) is 15.9 Å². The van der Waals surface area contributed by atoms with Gasteiger partial charge in [-0.05, 0) is 43.9 Å². The Labute approximate surface area is 170 Å². The number of nitrogens with zero attached hydrogens (tertiary/aromatic N) is 2. The van der Waals surface area contributed by atoms with Crippen molar-refractivity contribution < 1.29 is 19.0 Å². The van der Waals surface area contributed by atoms with Crippen LogP contribution in [0.1, 0.15) is 40.9 Å². The van der Waals surface area contributed by atoms with Gasteiger partial charge in [0.05, 0.1) is 22.1 Å². The second-order valence-corrected chi connectivity index (χ2v) is 8.10. The monoisotopic (exact) mass is 416 g/mol. The average molecular weight is 416 g/mol. The molecular formula is C20H21FN4O3S. The maximum atomic E-state index is 13.9. The normalized spacial score (nSPS) is 19.3. The van der Waals surface area contributed by atoms with Crippen molar-refractivity contribution in [3.05, 3.63) is 40.8 Å². The first-order chi connectivity index (χ1) is 13.9. The third-order valence-electron chi connectivity index (χ3n) is 5.09. The highest BCUT2D eigenvalue weighted by molar-refractivity contribution is 7.20. The zero-order chi connectivity index (χ0) is 20.5. The molecular weight excluding hydrogens is 395 g/mol. The number of hydrogen-bond acceptors (Lipinski definition) is 7. The molecule has 0 radical (unpaired) electrons. The summed E-state index contributed by atoms with van der Waals surface area (Å²) in [7, 11) is 0. The largest absolute Gasteiger partial charge is 0.485 e. The molecule has 1 amide bonds. The van der Waals surface area contributed by atoms with Crippen molar-refractivity contribution in [1.29, 1.82) is 0 Å². The number of anilines is 2. The van der Waals surface area contributed by atoms with Gasteiger partial charge >= 0.3 is 0 Å². The number of rotatable bonds is 5. The number of aromatic nitrogens is 2. The van der Waals surface area contributed by atoms with Crippen LogP contribution >= 0.6 is 11.3 Å². The van der Waals surface area contributed by atoms with Gasteiger partial charge in [0.15, 0.2) is 0 Å². The molecule has 7 nitrogen and oxygen atoms in total. The van der Waals surface area contributed by atoms with Crippen LogP contribution in [0.5, 0.6) is 5.75 Å². The molecule has 152 valence electrons. The fourth-order valence-corrected chi connectivity index (χ4v) is 4.60. The van der Waals surface area contributed by atoms with E-state index in [1.165, 1.54) is 29.8 Å². The molecule has 1 fully saturated rings. The number of nitrogens with two attached hydrogens (primary N) is 1. The van der Waals surface area contributed by atoms with Crippen molar-refractivity contribution in [3.63, 3.8) is 0 Å². The number of amides is 1. The number of carbonyl (C=O) groups excluding carboxylic acids is 1. The first kappa shape index (κ1) is 19.5. The number of fused-ring (bicyclic) bond motifs is 1. The molecule has 0 bridgehead atoms. The Balaban J connectivity index is 1.70. The van der Waals surface area contributed by atoms with E-state index in [2.05, 4.69) is 15.3 Å². The third kappa shape index (κ3) is 3.88. The summed E-state index contributed by atoms with van der Waals surface area (Å²) in [4.78, 5) is 21.2. The Morgan fingerprint density at radius 3 is 2.90 bits per heavy atom. The summed E-state index contributed by atoms with van der Waals surface area (Å²) >= 11 is 1.20. The predicted molar refractivity (Wildman–Crippen MR) is 109 cm³/mol. The molecule has 4 N–H and O–H groups in total. The van der Waals surface area contributed by atoms with Crippen LogP contribution in [-0.4, -0.2) is 33.2 Å². The van der Waals surface area contributed by atoms with Crippen LogP contribution in [0.2, 0.25) is 0 Å². The molecule has 3 aromatic rings. The maximum Gasteiger partial charge on any atom is 0.259 e. The fourth-order valence-electron chi connectivity index (χ4n) is 3.60. The van der Waals surface area contributed by atoms with Gasteiger partial charge in [0, 0.05) is 6.07 Å². The smallest absolute Gasteiger partial charge is 0.259 e. The van der Waals surface area contributed by atoms with Gasteiger partial charge in [-0.2, -0.15) is 0 Å². The highest BCUT2D eigenvalue weighted by Gasteiger charge is 2.26. The van der Waals surface area contributed by atoms with Crippen LogP contribution in [0.3, 0.4) is 0 Å². The van der Waals surface area contributed by atoms with E-state index in [-0.39, 0.29) is 6.10 Å². The lowest BCUT2D eigenvalue weighted by Gasteiger charge is -2.29. The lowest BCUT2D eigenvalue weighted by atomic mass is 9.95. The summed E-state index contributed by atoms with van der Waals surface area (Å²) in [6, 6.07) is 4.17. The summed E-state index contributed by atoms with van der Waals surface area (Å²) in [5.41, 5.74) is 6.65. The molecule has 0 saturated heterocycles. The number of carbonyl (C=O) groups is 1. The molecule has 9 heteroatoms. The number of aliphatic hydroxyl groups excluding tert-OH is 1. The molecule has 1 aromatic carbocycles. The number of halogens is 1. The lowest BCUT2D eigenvalue weighted by Crippen LogP contribution is -2.34. The van der Waals surface area contributed by atoms with Crippen LogP contribution < -0.4 is 15.8 Å². The Morgan fingerprint density at radius 2 is 2.14 bits per heavy atom. The van der Waals surface area contributed by atoms with Gasteiger partial charge < -0.3 is 20.9 Å². The van der Waals surface area contributed by atoms with Gasteiger partial charge in [-0.15, -0.1) is 11.3 Å². The van der Waals surface area contributed by atoms with Gasteiger partial charge in [-0.3, -0.25) is 4.79 Å². The van der Waals surface area contributed by atoms with E-state index in [1.54, 1.807) is 13.0 Å². The predicted octanol–water partition coefficient (Wildman–Crippen LogP) is 3.66. The number of benzene rings is 1. The van der Waals surface area contributed by atoms with Crippen molar-refractivity contribution >= 4 is 39.0 Å². The minimum absolute atomic E-state index is 0.297. The minimum atomic E-state index is -0.581. The summed E-state index contributed by atoms with van der Waals surface area (Å²) in [6.07, 6.45) is 3.70. The number of aryl methyl sites for hydroxylation is 1. The molecule has 2 aromatic heterocycles. The number of thiophene rings is 1. The van der Waals surface area contributed by atoms with E-state index in [0.717, 1.165) is 12.8 Å². The number of nitrogens with one attached hydrogen (secondary N) is 1. The molecule has 2 atom stereocenters. The molecule has 1 unspecified atom stereocenters. The van der Waals surface area contributed by atoms with E-state index in [9.17, 15) is 14.3 Å². The fraction of sp³-hybridized carbons (Fsp3) is 0.350. The maximum absolute atomic E-state index is 13.9. The quantitative estimate of drug-likeness (QED) is 0.585. The summed E-state index contributed by atoms with van der Waals surface area (Å²) in [5, 5.41) is 14.1. The van der Waals surface area contributed by atoms with Crippen LogP contribution in [0, 0.1) is 12.7 Å². The first-order valence-corrected chi connectivity index (χ1v) is 10.2. The Kier molecular flexibility index (Phi) is 5.33. The van der Waals surface area contributed by atoms with E-state index in [4.69, 9.17) is 10.5 Å². The van der Waals surface area contributed by atoms with Crippen LogP contribution in [-0.2, 0) is 0 Å². The molecule has 1 aliphatic rings. The van der Waals surface area contributed by atoms with Crippen molar-refractivity contribution in [3.8, 4) is 5.75 Å². The van der Waals surface area contributed by atoms with Gasteiger partial charge in [0.1, 0.15) is 34.6 Å². The van der Waals surface area contributed by atoms with Crippen molar-refractivity contribution in [2.75, 3.05) is 5.32 Å². The average Bonchev–Trinajstić information content (AvgIpc) is 3.04.